The minimum atomic E-state index is -0.307. The quantitative estimate of drug-likeness (QED) is 0.260. The van der Waals surface area contributed by atoms with Crippen molar-refractivity contribution in [1.82, 2.24) is 10.7 Å². The second-order valence-electron chi connectivity index (χ2n) is 5.22. The number of furan rings is 1. The van der Waals surface area contributed by atoms with Crippen LogP contribution < -0.4 is 10.7 Å². The van der Waals surface area contributed by atoms with E-state index >= 15 is 0 Å². The van der Waals surface area contributed by atoms with Crippen molar-refractivity contribution in [3.8, 4) is 11.3 Å². The molecular weight excluding hydrogens is 338 g/mol. The van der Waals surface area contributed by atoms with Crippen molar-refractivity contribution < 1.29 is 13.9 Å². The van der Waals surface area contributed by atoms with E-state index < -0.39 is 0 Å². The van der Waals surface area contributed by atoms with Gasteiger partial charge in [0.25, 0.3) is 0 Å². The number of hydrogen-bond donors (Lipinski definition) is 2. The molecule has 2 N–H and O–H groups in total. The number of benzene rings is 1. The zero-order chi connectivity index (χ0) is 18.1. The van der Waals surface area contributed by atoms with Gasteiger partial charge in [0.05, 0.1) is 18.4 Å². The number of thiocarbonyl (C=S) groups is 1. The summed E-state index contributed by atoms with van der Waals surface area (Å²) in [6.45, 7) is 2.50. The molecule has 0 saturated heterocycles. The molecule has 0 aliphatic heterocycles. The van der Waals surface area contributed by atoms with E-state index in [9.17, 15) is 4.79 Å². The van der Waals surface area contributed by atoms with Gasteiger partial charge in [0.15, 0.2) is 5.11 Å². The minimum Gasteiger partial charge on any atom is -0.462 e. The normalized spacial score (nSPS) is 10.6. The van der Waals surface area contributed by atoms with E-state index in [0.717, 1.165) is 18.4 Å². The molecule has 0 unspecified atom stereocenters. The summed E-state index contributed by atoms with van der Waals surface area (Å²) in [4.78, 5) is 11.9. The molecule has 0 fully saturated rings. The molecule has 0 amide bonds. The highest BCUT2D eigenvalue weighted by molar-refractivity contribution is 7.80. The fourth-order valence-corrected chi connectivity index (χ4v) is 2.00. The van der Waals surface area contributed by atoms with Crippen LogP contribution in [-0.4, -0.2) is 31.0 Å². The fraction of sp³-hybridized carbons (Fsp3) is 0.278. The molecule has 7 heteroatoms. The van der Waals surface area contributed by atoms with E-state index in [0.29, 0.717) is 28.8 Å². The number of hydrogen-bond acceptors (Lipinski definition) is 5. The molecule has 25 heavy (non-hydrogen) atoms. The average Bonchev–Trinajstić information content (AvgIpc) is 3.10. The average molecular weight is 359 g/mol. The Morgan fingerprint density at radius 3 is 2.72 bits per heavy atom. The topological polar surface area (TPSA) is 75.9 Å². The van der Waals surface area contributed by atoms with Crippen LogP contribution in [0, 0.1) is 0 Å². The van der Waals surface area contributed by atoms with Gasteiger partial charge in [-0.2, -0.15) is 5.10 Å². The summed E-state index contributed by atoms with van der Waals surface area (Å²) in [7, 11) is 1.71. The third-order valence-corrected chi connectivity index (χ3v) is 3.64. The maximum atomic E-state index is 11.9. The summed E-state index contributed by atoms with van der Waals surface area (Å²) in [6.07, 6.45) is 3.40. The smallest absolute Gasteiger partial charge is 0.338 e. The first-order valence-electron chi connectivity index (χ1n) is 8.02. The van der Waals surface area contributed by atoms with Gasteiger partial charge in [-0.05, 0) is 42.9 Å². The highest BCUT2D eigenvalue weighted by atomic mass is 32.1. The first kappa shape index (κ1) is 18.7. The molecule has 0 aliphatic carbocycles. The van der Waals surface area contributed by atoms with Gasteiger partial charge in [-0.25, -0.2) is 4.79 Å². The molecule has 132 valence electrons. The molecule has 6 nitrogen and oxygen atoms in total. The number of unbranched alkanes of at least 4 members (excludes halogenated alkanes) is 1. The zero-order valence-corrected chi connectivity index (χ0v) is 15.1. The Labute approximate surface area is 152 Å². The molecule has 1 aromatic carbocycles. The summed E-state index contributed by atoms with van der Waals surface area (Å²) in [5.74, 6) is 0.965. The summed E-state index contributed by atoms with van der Waals surface area (Å²) < 4.78 is 10.9. The Hall–Kier alpha value is -2.67. The molecule has 2 rings (SSSR count). The predicted molar refractivity (Wildman–Crippen MR) is 102 cm³/mol. The maximum absolute atomic E-state index is 11.9. The number of nitrogens with zero attached hydrogens (tertiary/aromatic N) is 1. The van der Waals surface area contributed by atoms with Crippen LogP contribution in [0.4, 0.5) is 0 Å². The van der Waals surface area contributed by atoms with Crippen molar-refractivity contribution in [3.05, 3.63) is 47.7 Å². The van der Waals surface area contributed by atoms with Gasteiger partial charge in [0.1, 0.15) is 11.5 Å². The van der Waals surface area contributed by atoms with Crippen LogP contribution in [0.5, 0.6) is 0 Å². The molecule has 0 spiro atoms. The lowest BCUT2D eigenvalue weighted by Crippen LogP contribution is -2.28. The van der Waals surface area contributed by atoms with Crippen LogP contribution >= 0.6 is 12.2 Å². The molecule has 0 radical (unpaired) electrons. The van der Waals surface area contributed by atoms with Gasteiger partial charge in [-0.3, -0.25) is 5.43 Å². The number of rotatable bonds is 7. The molecule has 1 heterocycles. The first-order valence-corrected chi connectivity index (χ1v) is 8.43. The molecule has 2 aromatic rings. The first-order chi connectivity index (χ1) is 12.1. The van der Waals surface area contributed by atoms with E-state index in [1.807, 2.05) is 18.2 Å². The summed E-state index contributed by atoms with van der Waals surface area (Å²) in [5.41, 5.74) is 4.04. The van der Waals surface area contributed by atoms with E-state index in [1.54, 1.807) is 25.2 Å². The summed E-state index contributed by atoms with van der Waals surface area (Å²) in [5, 5.41) is 7.13. The van der Waals surface area contributed by atoms with Crippen LogP contribution in [0.3, 0.4) is 0 Å². The Bertz CT molecular complexity index is 738. The lowest BCUT2D eigenvalue weighted by atomic mass is 10.1. The van der Waals surface area contributed by atoms with E-state index in [1.165, 1.54) is 6.21 Å². The van der Waals surface area contributed by atoms with E-state index in [-0.39, 0.29) is 5.97 Å². The monoisotopic (exact) mass is 359 g/mol. The largest absolute Gasteiger partial charge is 0.462 e. The zero-order valence-electron chi connectivity index (χ0n) is 14.2. The number of ether oxygens (including phenoxy) is 1. The van der Waals surface area contributed by atoms with Crippen LogP contribution in [0.2, 0.25) is 0 Å². The van der Waals surface area contributed by atoms with Gasteiger partial charge in [-0.1, -0.05) is 25.5 Å². The number of hydrazone groups is 1. The Morgan fingerprint density at radius 2 is 2.04 bits per heavy atom. The van der Waals surface area contributed by atoms with Gasteiger partial charge in [0, 0.05) is 12.6 Å². The number of esters is 1. The predicted octanol–water partition coefficient (Wildman–Crippen LogP) is 3.33. The van der Waals surface area contributed by atoms with Gasteiger partial charge >= 0.3 is 5.97 Å². The minimum absolute atomic E-state index is 0.307. The van der Waals surface area contributed by atoms with Crippen LogP contribution in [0.25, 0.3) is 11.3 Å². The maximum Gasteiger partial charge on any atom is 0.338 e. The Kier molecular flexibility index (Phi) is 7.16. The van der Waals surface area contributed by atoms with Crippen molar-refractivity contribution >= 4 is 29.5 Å². The molecular formula is C18H21N3O3S. The number of carbonyl (C=O) groups is 1. The van der Waals surface area contributed by atoms with Crippen molar-refractivity contribution in [2.24, 2.45) is 5.10 Å². The number of nitrogens with one attached hydrogen (secondary N) is 2. The molecule has 0 atom stereocenters. The second kappa shape index (κ2) is 9.58. The molecule has 0 saturated carbocycles. The van der Waals surface area contributed by atoms with Crippen LogP contribution in [0.1, 0.15) is 35.9 Å². The molecule has 0 bridgehead atoms. The van der Waals surface area contributed by atoms with Gasteiger partial charge < -0.3 is 14.5 Å². The van der Waals surface area contributed by atoms with Crippen molar-refractivity contribution in [2.45, 2.75) is 19.8 Å². The highest BCUT2D eigenvalue weighted by Crippen LogP contribution is 2.22. The lowest BCUT2D eigenvalue weighted by Gasteiger charge is -2.04. The lowest BCUT2D eigenvalue weighted by molar-refractivity contribution is 0.0500. The fourth-order valence-electron chi connectivity index (χ4n) is 1.95. The van der Waals surface area contributed by atoms with Crippen molar-refractivity contribution in [3.63, 3.8) is 0 Å². The summed E-state index contributed by atoms with van der Waals surface area (Å²) >= 11 is 4.91. The van der Waals surface area contributed by atoms with E-state index in [4.69, 9.17) is 21.4 Å². The van der Waals surface area contributed by atoms with E-state index in [2.05, 4.69) is 22.8 Å². The third-order valence-electron chi connectivity index (χ3n) is 3.35. The highest BCUT2D eigenvalue weighted by Gasteiger charge is 2.09. The number of carbonyl (C=O) groups excluding carboxylic acids is 1. The second-order valence-corrected chi connectivity index (χ2v) is 5.63. The Morgan fingerprint density at radius 1 is 1.28 bits per heavy atom. The van der Waals surface area contributed by atoms with Crippen molar-refractivity contribution in [2.75, 3.05) is 13.7 Å². The summed E-state index contributed by atoms with van der Waals surface area (Å²) in [6, 6.07) is 10.7. The SMILES string of the molecule is CCCCOC(=O)c1ccc(-c2ccc(C=NNC(=S)NC)o2)cc1. The molecule has 0 aliphatic rings. The van der Waals surface area contributed by atoms with Crippen molar-refractivity contribution in [1.29, 1.82) is 0 Å². The van der Waals surface area contributed by atoms with Crippen LogP contribution in [0.15, 0.2) is 45.9 Å². The standard InChI is InChI=1S/C18H21N3O3S/c1-3-4-11-23-17(22)14-7-5-13(6-8-14)16-10-9-15(24-16)12-20-21-18(25)19-2/h5-10,12H,3-4,11H2,1-2H3,(H2,19,21,25). The van der Waals surface area contributed by atoms with Gasteiger partial charge in [0.2, 0.25) is 0 Å². The van der Waals surface area contributed by atoms with Gasteiger partial charge in [-0.15, -0.1) is 0 Å². The molecule has 1 aromatic heterocycles. The Balaban J connectivity index is 1.98. The third kappa shape index (κ3) is 5.72. The van der Waals surface area contributed by atoms with Crippen LogP contribution in [-0.2, 0) is 4.74 Å².